The van der Waals surface area contributed by atoms with Crippen LogP contribution in [0.15, 0.2) is 40.9 Å². The number of halogens is 4. The van der Waals surface area contributed by atoms with Gasteiger partial charge in [0.2, 0.25) is 0 Å². The molecule has 0 aromatic heterocycles. The van der Waals surface area contributed by atoms with Gasteiger partial charge in [0.1, 0.15) is 5.82 Å². The minimum atomic E-state index is -1.14. The lowest BCUT2D eigenvalue weighted by Gasteiger charge is -2.24. The number of rotatable bonds is 4. The number of aliphatic hydroxyl groups is 1. The molecule has 0 radical (unpaired) electrons. The fraction of sp³-hybridized carbons (Fsp3) is 0.200. The lowest BCUT2D eigenvalue weighted by Crippen LogP contribution is -2.21. The van der Waals surface area contributed by atoms with Crippen LogP contribution in [0, 0.1) is 5.82 Å². The predicted octanol–water partition coefficient (Wildman–Crippen LogP) is 4.67. The van der Waals surface area contributed by atoms with E-state index in [0.29, 0.717) is 20.1 Å². The summed E-state index contributed by atoms with van der Waals surface area (Å²) in [5.74, 6) is -1.11. The van der Waals surface area contributed by atoms with Crippen molar-refractivity contribution in [1.29, 1.82) is 0 Å². The fourth-order valence-electron chi connectivity index (χ4n) is 2.23. The van der Waals surface area contributed by atoms with Gasteiger partial charge in [-0.1, -0.05) is 51.3 Å². The number of benzene rings is 2. The van der Waals surface area contributed by atoms with Crippen molar-refractivity contribution in [1.82, 2.24) is 0 Å². The molecule has 2 rings (SSSR count). The second-order valence-electron chi connectivity index (χ2n) is 4.59. The topological polar surface area (TPSA) is 46.2 Å². The molecule has 0 amide bonds. The molecule has 0 saturated heterocycles. The second kappa shape index (κ2) is 7.07. The van der Waals surface area contributed by atoms with E-state index in [1.54, 1.807) is 24.3 Å². The Morgan fingerprint density at radius 2 is 1.81 bits per heavy atom. The zero-order chi connectivity index (χ0) is 15.6. The maximum absolute atomic E-state index is 14.0. The van der Waals surface area contributed by atoms with Crippen LogP contribution in [0.2, 0.25) is 10.0 Å². The summed E-state index contributed by atoms with van der Waals surface area (Å²) in [6.45, 7) is 0.0835. The van der Waals surface area contributed by atoms with E-state index in [4.69, 9.17) is 28.9 Å². The van der Waals surface area contributed by atoms with E-state index in [0.717, 1.165) is 0 Å². The van der Waals surface area contributed by atoms with Crippen LogP contribution in [0.4, 0.5) is 4.39 Å². The Labute approximate surface area is 140 Å². The third kappa shape index (κ3) is 3.58. The summed E-state index contributed by atoms with van der Waals surface area (Å²) in [5, 5.41) is 11.3. The maximum Gasteiger partial charge on any atom is 0.130 e. The molecule has 2 aromatic rings. The van der Waals surface area contributed by atoms with Crippen LogP contribution in [-0.2, 0) is 0 Å². The Morgan fingerprint density at radius 1 is 1.19 bits per heavy atom. The molecule has 21 heavy (non-hydrogen) atoms. The summed E-state index contributed by atoms with van der Waals surface area (Å²) in [7, 11) is 0. The van der Waals surface area contributed by atoms with E-state index in [-0.39, 0.29) is 12.1 Å². The van der Waals surface area contributed by atoms with Crippen molar-refractivity contribution in [3.05, 3.63) is 67.9 Å². The highest BCUT2D eigenvalue weighted by Gasteiger charge is 2.27. The Hall–Kier alpha value is -0.650. The Bertz CT molecular complexity index is 633. The highest BCUT2D eigenvalue weighted by atomic mass is 79.9. The third-order valence-corrected chi connectivity index (χ3v) is 4.44. The van der Waals surface area contributed by atoms with Crippen molar-refractivity contribution in [3.8, 4) is 0 Å². The first-order valence-corrected chi connectivity index (χ1v) is 7.77. The Morgan fingerprint density at radius 3 is 2.33 bits per heavy atom. The molecular weight excluding hydrogens is 380 g/mol. The number of aliphatic hydroxyl groups excluding tert-OH is 1. The zero-order valence-corrected chi connectivity index (χ0v) is 14.0. The molecule has 3 N–H and O–H groups in total. The van der Waals surface area contributed by atoms with Crippen molar-refractivity contribution in [3.63, 3.8) is 0 Å². The highest BCUT2D eigenvalue weighted by Crippen LogP contribution is 2.39. The van der Waals surface area contributed by atoms with Crippen molar-refractivity contribution < 1.29 is 9.50 Å². The number of hydrogen-bond acceptors (Lipinski definition) is 2. The van der Waals surface area contributed by atoms with Crippen LogP contribution in [-0.4, -0.2) is 11.7 Å². The molecule has 2 nitrogen and oxygen atoms in total. The van der Waals surface area contributed by atoms with E-state index < -0.39 is 17.8 Å². The first-order valence-electron chi connectivity index (χ1n) is 6.22. The molecule has 0 aliphatic carbocycles. The lowest BCUT2D eigenvalue weighted by molar-refractivity contribution is 0.143. The number of nitrogens with two attached hydrogens (primary N) is 1. The second-order valence-corrected chi connectivity index (χ2v) is 6.32. The van der Waals surface area contributed by atoms with E-state index in [1.165, 1.54) is 12.1 Å². The molecule has 2 aromatic carbocycles. The summed E-state index contributed by atoms with van der Waals surface area (Å²) in [6.07, 6.45) is -1.14. The van der Waals surface area contributed by atoms with Crippen LogP contribution in [0.1, 0.15) is 23.1 Å². The van der Waals surface area contributed by atoms with Crippen molar-refractivity contribution in [2.45, 2.75) is 12.0 Å². The molecule has 0 aliphatic rings. The molecular formula is C15H13BrCl2FNO. The van der Waals surface area contributed by atoms with Crippen molar-refractivity contribution in [2.24, 2.45) is 5.73 Å². The monoisotopic (exact) mass is 391 g/mol. The van der Waals surface area contributed by atoms with Crippen molar-refractivity contribution >= 4 is 39.1 Å². The molecule has 0 heterocycles. The standard InChI is InChI=1S/C15H13BrCl2FNO/c16-8-4-5-9(13(19)6-8)15(21)10(7-20)14-11(17)2-1-3-12(14)18/h1-6,10,15,21H,7,20H2. The molecule has 0 bridgehead atoms. The summed E-state index contributed by atoms with van der Waals surface area (Å²) >= 11 is 15.5. The minimum Gasteiger partial charge on any atom is -0.388 e. The molecule has 0 spiro atoms. The third-order valence-electron chi connectivity index (χ3n) is 3.29. The highest BCUT2D eigenvalue weighted by molar-refractivity contribution is 9.10. The smallest absolute Gasteiger partial charge is 0.130 e. The van der Waals surface area contributed by atoms with Crippen LogP contribution in [0.25, 0.3) is 0 Å². The van der Waals surface area contributed by atoms with Gasteiger partial charge in [-0.15, -0.1) is 0 Å². The SMILES string of the molecule is NCC(c1c(Cl)cccc1Cl)C(O)c1ccc(Br)cc1F. The van der Waals surface area contributed by atoms with Gasteiger partial charge >= 0.3 is 0 Å². The minimum absolute atomic E-state index is 0.0835. The van der Waals surface area contributed by atoms with Gasteiger partial charge in [0.25, 0.3) is 0 Å². The lowest BCUT2D eigenvalue weighted by atomic mass is 9.89. The average molecular weight is 393 g/mol. The summed E-state index contributed by atoms with van der Waals surface area (Å²) in [5.41, 5.74) is 6.43. The molecule has 2 unspecified atom stereocenters. The van der Waals surface area contributed by atoms with E-state index in [9.17, 15) is 9.50 Å². The van der Waals surface area contributed by atoms with Crippen molar-refractivity contribution in [2.75, 3.05) is 6.54 Å². The molecule has 2 atom stereocenters. The van der Waals surface area contributed by atoms with E-state index >= 15 is 0 Å². The van der Waals surface area contributed by atoms with Crippen LogP contribution in [0.3, 0.4) is 0 Å². The predicted molar refractivity (Wildman–Crippen MR) is 87.3 cm³/mol. The van der Waals surface area contributed by atoms with Crippen LogP contribution in [0.5, 0.6) is 0 Å². The van der Waals surface area contributed by atoms with Gasteiger partial charge in [-0.25, -0.2) is 4.39 Å². The van der Waals surface area contributed by atoms with Gasteiger partial charge in [-0.3, -0.25) is 0 Å². The van der Waals surface area contributed by atoms with Gasteiger partial charge in [-0.05, 0) is 29.8 Å². The first kappa shape index (κ1) is 16.7. The average Bonchev–Trinajstić information content (AvgIpc) is 2.42. The van der Waals surface area contributed by atoms with Gasteiger partial charge in [0, 0.05) is 32.5 Å². The number of hydrogen-bond donors (Lipinski definition) is 2. The van der Waals surface area contributed by atoms with Gasteiger partial charge in [0.15, 0.2) is 0 Å². The van der Waals surface area contributed by atoms with Crippen LogP contribution < -0.4 is 5.73 Å². The molecule has 0 fully saturated rings. The van der Waals surface area contributed by atoms with Crippen LogP contribution >= 0.6 is 39.1 Å². The first-order chi connectivity index (χ1) is 9.95. The Balaban J connectivity index is 2.46. The quantitative estimate of drug-likeness (QED) is 0.793. The van der Waals surface area contributed by atoms with Gasteiger partial charge in [-0.2, -0.15) is 0 Å². The molecule has 6 heteroatoms. The van der Waals surface area contributed by atoms with Gasteiger partial charge < -0.3 is 10.8 Å². The molecule has 0 saturated carbocycles. The maximum atomic E-state index is 14.0. The fourth-order valence-corrected chi connectivity index (χ4v) is 3.24. The summed E-state index contributed by atoms with van der Waals surface area (Å²) in [4.78, 5) is 0. The van der Waals surface area contributed by atoms with Gasteiger partial charge in [0.05, 0.1) is 6.10 Å². The molecule has 0 aliphatic heterocycles. The summed E-state index contributed by atoms with van der Waals surface area (Å²) < 4.78 is 14.6. The Kier molecular flexibility index (Phi) is 5.63. The largest absolute Gasteiger partial charge is 0.388 e. The zero-order valence-electron chi connectivity index (χ0n) is 10.9. The van der Waals surface area contributed by atoms with E-state index in [1.807, 2.05) is 0 Å². The molecule has 112 valence electrons. The summed E-state index contributed by atoms with van der Waals surface area (Å²) in [6, 6.07) is 9.49. The van der Waals surface area contributed by atoms with E-state index in [2.05, 4.69) is 15.9 Å². The normalized spacial score (nSPS) is 14.0.